The molecule has 204 valence electrons. The van der Waals surface area contributed by atoms with Crippen LogP contribution >= 0.6 is 11.3 Å². The minimum atomic E-state index is -1.14. The SMILES string of the molecule is CCOC(=O)c1sc(N2C(=O)C(=O)C(=C(O)c3ccc(OC)c(C)c3)C2c2cc(OC)ccc2OC)nc1C. The molecule has 11 heteroatoms. The first-order valence-corrected chi connectivity index (χ1v) is 12.8. The summed E-state index contributed by atoms with van der Waals surface area (Å²) >= 11 is 0.924. The molecular weight excluding hydrogens is 524 g/mol. The molecule has 1 amide bonds. The van der Waals surface area contributed by atoms with Gasteiger partial charge in [-0.15, -0.1) is 0 Å². The number of aryl methyl sites for hydroxylation is 2. The van der Waals surface area contributed by atoms with Crippen molar-refractivity contribution in [3.05, 3.63) is 69.2 Å². The van der Waals surface area contributed by atoms with Crippen molar-refractivity contribution in [2.45, 2.75) is 26.8 Å². The van der Waals surface area contributed by atoms with Crippen molar-refractivity contribution in [2.75, 3.05) is 32.8 Å². The number of rotatable bonds is 8. The molecule has 0 bridgehead atoms. The van der Waals surface area contributed by atoms with Crippen LogP contribution in [0.4, 0.5) is 5.13 Å². The van der Waals surface area contributed by atoms with E-state index in [2.05, 4.69) is 4.98 Å². The number of benzene rings is 2. The molecule has 10 nitrogen and oxygen atoms in total. The molecule has 0 radical (unpaired) electrons. The Hall–Kier alpha value is -4.38. The van der Waals surface area contributed by atoms with E-state index in [9.17, 15) is 19.5 Å². The number of aliphatic hydroxyl groups is 1. The largest absolute Gasteiger partial charge is 0.507 e. The Kier molecular flexibility index (Phi) is 7.91. The highest BCUT2D eigenvalue weighted by atomic mass is 32.1. The number of nitrogens with zero attached hydrogens (tertiary/aromatic N) is 2. The molecule has 2 heterocycles. The zero-order valence-electron chi connectivity index (χ0n) is 22.4. The first kappa shape index (κ1) is 27.6. The second-order valence-corrected chi connectivity index (χ2v) is 9.57. The Balaban J connectivity index is 1.99. The van der Waals surface area contributed by atoms with E-state index in [1.54, 1.807) is 57.2 Å². The summed E-state index contributed by atoms with van der Waals surface area (Å²) in [5.41, 5.74) is 1.61. The topological polar surface area (TPSA) is 124 Å². The number of Topliss-reactive ketones (excluding diaryl/α,β-unsaturated/α-hetero) is 1. The van der Waals surface area contributed by atoms with Gasteiger partial charge in [-0.2, -0.15) is 0 Å². The van der Waals surface area contributed by atoms with Gasteiger partial charge < -0.3 is 24.1 Å². The molecule has 1 fully saturated rings. The van der Waals surface area contributed by atoms with Gasteiger partial charge in [-0.25, -0.2) is 9.78 Å². The zero-order valence-corrected chi connectivity index (χ0v) is 23.2. The molecule has 4 rings (SSSR count). The minimum absolute atomic E-state index is 0.0949. The molecule has 1 saturated heterocycles. The number of carbonyl (C=O) groups excluding carboxylic acids is 3. The van der Waals surface area contributed by atoms with Crippen LogP contribution in [0.1, 0.15) is 45.0 Å². The maximum Gasteiger partial charge on any atom is 0.350 e. The fourth-order valence-electron chi connectivity index (χ4n) is 4.43. The number of esters is 1. The van der Waals surface area contributed by atoms with Crippen LogP contribution in [-0.4, -0.2) is 55.7 Å². The van der Waals surface area contributed by atoms with E-state index >= 15 is 0 Å². The second kappa shape index (κ2) is 11.2. The molecule has 1 aromatic heterocycles. The van der Waals surface area contributed by atoms with Crippen molar-refractivity contribution >= 4 is 39.9 Å². The average molecular weight is 553 g/mol. The smallest absolute Gasteiger partial charge is 0.350 e. The molecule has 0 aliphatic carbocycles. The molecule has 0 saturated carbocycles. The lowest BCUT2D eigenvalue weighted by atomic mass is 9.94. The number of ether oxygens (including phenoxy) is 4. The van der Waals surface area contributed by atoms with Gasteiger partial charge in [-0.3, -0.25) is 14.5 Å². The number of methoxy groups -OCH3 is 3. The summed E-state index contributed by atoms with van der Waals surface area (Å²) in [6.45, 7) is 5.26. The van der Waals surface area contributed by atoms with Crippen LogP contribution < -0.4 is 19.1 Å². The van der Waals surface area contributed by atoms with Gasteiger partial charge in [0.2, 0.25) is 0 Å². The number of hydrogen-bond donors (Lipinski definition) is 1. The zero-order chi connectivity index (χ0) is 28.4. The maximum absolute atomic E-state index is 13.6. The molecule has 0 spiro atoms. The lowest BCUT2D eigenvalue weighted by Crippen LogP contribution is -2.29. The number of amides is 1. The van der Waals surface area contributed by atoms with Crippen molar-refractivity contribution in [1.82, 2.24) is 4.98 Å². The van der Waals surface area contributed by atoms with Gasteiger partial charge >= 0.3 is 11.9 Å². The minimum Gasteiger partial charge on any atom is -0.507 e. The Morgan fingerprint density at radius 1 is 1.03 bits per heavy atom. The molecule has 1 N–H and O–H groups in total. The molecule has 1 unspecified atom stereocenters. The van der Waals surface area contributed by atoms with E-state index in [1.165, 1.54) is 26.2 Å². The molecular formula is C28H28N2O8S. The highest BCUT2D eigenvalue weighted by Crippen LogP contribution is 2.47. The fourth-order valence-corrected chi connectivity index (χ4v) is 5.42. The van der Waals surface area contributed by atoms with E-state index in [0.717, 1.165) is 16.9 Å². The van der Waals surface area contributed by atoms with Crippen LogP contribution in [0.2, 0.25) is 0 Å². The fraction of sp³-hybridized carbons (Fsp3) is 0.286. The molecule has 1 atom stereocenters. The van der Waals surface area contributed by atoms with Crippen molar-refractivity contribution in [3.8, 4) is 17.2 Å². The van der Waals surface area contributed by atoms with E-state index in [4.69, 9.17) is 18.9 Å². The predicted octanol–water partition coefficient (Wildman–Crippen LogP) is 4.59. The third-order valence-corrected chi connectivity index (χ3v) is 7.43. The highest BCUT2D eigenvalue weighted by Gasteiger charge is 2.49. The first-order valence-electron chi connectivity index (χ1n) is 12.0. The van der Waals surface area contributed by atoms with Crippen molar-refractivity contribution in [3.63, 3.8) is 0 Å². The average Bonchev–Trinajstić information content (AvgIpc) is 3.44. The van der Waals surface area contributed by atoms with Crippen LogP contribution in [-0.2, 0) is 14.3 Å². The molecule has 1 aliphatic heterocycles. The summed E-state index contributed by atoms with van der Waals surface area (Å²) in [5.74, 6) is -1.40. The van der Waals surface area contributed by atoms with E-state index in [1.807, 2.05) is 0 Å². The summed E-state index contributed by atoms with van der Waals surface area (Å²) < 4.78 is 21.4. The van der Waals surface area contributed by atoms with Crippen molar-refractivity contribution in [1.29, 1.82) is 0 Å². The number of thiazole rings is 1. The lowest BCUT2D eigenvalue weighted by molar-refractivity contribution is -0.132. The number of anilines is 1. The van der Waals surface area contributed by atoms with Gasteiger partial charge in [0.05, 0.1) is 39.2 Å². The van der Waals surface area contributed by atoms with Crippen LogP contribution in [0, 0.1) is 13.8 Å². The number of carbonyl (C=O) groups is 3. The Labute approximate surface area is 229 Å². The third-order valence-electron chi connectivity index (χ3n) is 6.30. The van der Waals surface area contributed by atoms with E-state index in [-0.39, 0.29) is 27.9 Å². The summed E-state index contributed by atoms with van der Waals surface area (Å²) in [4.78, 5) is 45.4. The Morgan fingerprint density at radius 2 is 1.72 bits per heavy atom. The Morgan fingerprint density at radius 3 is 2.33 bits per heavy atom. The van der Waals surface area contributed by atoms with Gasteiger partial charge in [-0.1, -0.05) is 11.3 Å². The molecule has 3 aromatic rings. The Bertz CT molecular complexity index is 1490. The van der Waals surface area contributed by atoms with E-state index in [0.29, 0.717) is 34.1 Å². The molecule has 1 aliphatic rings. The van der Waals surface area contributed by atoms with Crippen LogP contribution in [0.3, 0.4) is 0 Å². The van der Waals surface area contributed by atoms with Gasteiger partial charge in [0.25, 0.3) is 5.78 Å². The number of aromatic nitrogens is 1. The van der Waals surface area contributed by atoms with Gasteiger partial charge in [0.1, 0.15) is 33.9 Å². The summed E-state index contributed by atoms with van der Waals surface area (Å²) in [6.07, 6.45) is 0. The van der Waals surface area contributed by atoms with Crippen molar-refractivity contribution in [2.24, 2.45) is 0 Å². The van der Waals surface area contributed by atoms with Crippen LogP contribution in [0.15, 0.2) is 42.0 Å². The second-order valence-electron chi connectivity index (χ2n) is 8.59. The van der Waals surface area contributed by atoms with Crippen LogP contribution in [0.5, 0.6) is 17.2 Å². The number of ketones is 1. The molecule has 39 heavy (non-hydrogen) atoms. The number of hydrogen-bond acceptors (Lipinski definition) is 10. The summed E-state index contributed by atoms with van der Waals surface area (Å²) in [6, 6.07) is 8.72. The summed E-state index contributed by atoms with van der Waals surface area (Å²) in [5, 5.41) is 11.6. The van der Waals surface area contributed by atoms with Gasteiger partial charge in [-0.05, 0) is 62.7 Å². The molecule has 2 aromatic carbocycles. The maximum atomic E-state index is 13.6. The standard InChI is InChI=1S/C28H28N2O8S/c1-7-38-27(34)25-15(3)29-28(39-25)30-22(18-13-17(35-4)9-11-20(18)37-6)21(24(32)26(30)33)23(31)16-8-10-19(36-5)14(2)12-16/h8-13,22,31H,7H2,1-6H3. The highest BCUT2D eigenvalue weighted by molar-refractivity contribution is 7.17. The number of aliphatic hydroxyl groups excluding tert-OH is 1. The van der Waals surface area contributed by atoms with Crippen LogP contribution in [0.25, 0.3) is 5.76 Å². The monoisotopic (exact) mass is 552 g/mol. The van der Waals surface area contributed by atoms with E-state index < -0.39 is 23.7 Å². The lowest BCUT2D eigenvalue weighted by Gasteiger charge is -2.25. The van der Waals surface area contributed by atoms with Gasteiger partial charge in [0, 0.05) is 11.1 Å². The van der Waals surface area contributed by atoms with Gasteiger partial charge in [0.15, 0.2) is 5.13 Å². The predicted molar refractivity (Wildman–Crippen MR) is 145 cm³/mol. The van der Waals surface area contributed by atoms with Crippen molar-refractivity contribution < 1.29 is 38.4 Å². The first-order chi connectivity index (χ1) is 18.7. The summed E-state index contributed by atoms with van der Waals surface area (Å²) in [7, 11) is 4.47. The quantitative estimate of drug-likeness (QED) is 0.185. The normalized spacial score (nSPS) is 16.4. The third kappa shape index (κ3) is 4.92.